The molecule has 1 aromatic carbocycles. The summed E-state index contributed by atoms with van der Waals surface area (Å²) < 4.78 is 18.0. The first-order valence-electron chi connectivity index (χ1n) is 5.31. The Morgan fingerprint density at radius 1 is 1.53 bits per heavy atom. The third-order valence-corrected chi connectivity index (χ3v) is 2.31. The topological polar surface area (TPSA) is 38.3 Å². The molecule has 0 spiro atoms. The van der Waals surface area contributed by atoms with Gasteiger partial charge in [-0.15, -0.1) is 0 Å². The van der Waals surface area contributed by atoms with Gasteiger partial charge in [0.05, 0.1) is 11.1 Å². The van der Waals surface area contributed by atoms with Gasteiger partial charge in [0.25, 0.3) is 0 Å². The first-order valence-corrected chi connectivity index (χ1v) is 5.69. The zero-order valence-electron chi connectivity index (χ0n) is 9.80. The molecular formula is C12H15ClFNO2. The van der Waals surface area contributed by atoms with Gasteiger partial charge in [0.2, 0.25) is 5.91 Å². The zero-order valence-corrected chi connectivity index (χ0v) is 10.6. The highest BCUT2D eigenvalue weighted by atomic mass is 35.5. The van der Waals surface area contributed by atoms with Gasteiger partial charge < -0.3 is 10.1 Å². The van der Waals surface area contributed by atoms with Crippen LogP contribution in [0.25, 0.3) is 0 Å². The molecule has 17 heavy (non-hydrogen) atoms. The van der Waals surface area contributed by atoms with Gasteiger partial charge in [-0.2, -0.15) is 0 Å². The van der Waals surface area contributed by atoms with Crippen LogP contribution in [0.3, 0.4) is 0 Å². The molecule has 0 saturated heterocycles. The van der Waals surface area contributed by atoms with E-state index in [1.54, 1.807) is 6.07 Å². The van der Waals surface area contributed by atoms with Crippen LogP contribution in [0.5, 0.6) is 0 Å². The van der Waals surface area contributed by atoms with Gasteiger partial charge in [-0.1, -0.05) is 17.7 Å². The fourth-order valence-electron chi connectivity index (χ4n) is 1.14. The van der Waals surface area contributed by atoms with E-state index >= 15 is 0 Å². The number of benzene rings is 1. The number of amides is 1. The van der Waals surface area contributed by atoms with Gasteiger partial charge in [-0.3, -0.25) is 4.79 Å². The van der Waals surface area contributed by atoms with Crippen molar-refractivity contribution in [3.8, 4) is 0 Å². The summed E-state index contributed by atoms with van der Waals surface area (Å²) >= 11 is 5.62. The van der Waals surface area contributed by atoms with Crippen molar-refractivity contribution in [2.45, 2.75) is 26.5 Å². The largest absolute Gasteiger partial charge is 0.369 e. The maximum atomic E-state index is 12.9. The summed E-state index contributed by atoms with van der Waals surface area (Å²) in [6.45, 7) is 4.03. The molecule has 94 valence electrons. The molecule has 1 aromatic rings. The van der Waals surface area contributed by atoms with Crippen molar-refractivity contribution in [1.29, 1.82) is 0 Å². The van der Waals surface area contributed by atoms with Crippen molar-refractivity contribution in [1.82, 2.24) is 5.32 Å². The fourth-order valence-corrected chi connectivity index (χ4v) is 1.35. The van der Waals surface area contributed by atoms with Crippen LogP contribution in [-0.4, -0.2) is 18.6 Å². The van der Waals surface area contributed by atoms with E-state index < -0.39 is 5.82 Å². The number of carbonyl (C=O) groups is 1. The molecule has 0 bridgehead atoms. The highest BCUT2D eigenvalue weighted by Crippen LogP contribution is 2.15. The summed E-state index contributed by atoms with van der Waals surface area (Å²) in [5.74, 6) is -0.677. The van der Waals surface area contributed by atoms with Gasteiger partial charge in [-0.05, 0) is 31.5 Å². The number of hydrogen-bond acceptors (Lipinski definition) is 2. The van der Waals surface area contributed by atoms with E-state index in [1.165, 1.54) is 12.1 Å². The maximum Gasteiger partial charge on any atom is 0.246 e. The fraction of sp³-hybridized carbons (Fsp3) is 0.417. The molecule has 1 N–H and O–H groups in total. The Kier molecular flexibility index (Phi) is 5.38. The van der Waals surface area contributed by atoms with Gasteiger partial charge in [0.1, 0.15) is 12.4 Å². The predicted octanol–water partition coefficient (Wildman–Crippen LogP) is 2.52. The van der Waals surface area contributed by atoms with Crippen molar-refractivity contribution in [2.24, 2.45) is 0 Å². The minimum absolute atomic E-state index is 0.0148. The molecule has 1 amide bonds. The number of rotatable bonds is 5. The lowest BCUT2D eigenvalue weighted by atomic mass is 10.2. The van der Waals surface area contributed by atoms with Crippen LogP contribution < -0.4 is 5.32 Å². The lowest BCUT2D eigenvalue weighted by molar-refractivity contribution is -0.127. The maximum absolute atomic E-state index is 12.9. The Labute approximate surface area is 105 Å². The van der Waals surface area contributed by atoms with Crippen LogP contribution in [0.15, 0.2) is 18.2 Å². The summed E-state index contributed by atoms with van der Waals surface area (Å²) in [7, 11) is 0. The van der Waals surface area contributed by atoms with E-state index in [-0.39, 0.29) is 23.6 Å². The molecule has 0 saturated carbocycles. The average molecular weight is 260 g/mol. The Hall–Kier alpha value is -1.13. The van der Waals surface area contributed by atoms with Crippen LogP contribution in [0.4, 0.5) is 4.39 Å². The van der Waals surface area contributed by atoms with Crippen LogP contribution in [0, 0.1) is 5.82 Å². The SMILES string of the molecule is CC(C)OCC(=O)NCc1ccc(F)c(Cl)c1. The van der Waals surface area contributed by atoms with E-state index in [9.17, 15) is 9.18 Å². The highest BCUT2D eigenvalue weighted by molar-refractivity contribution is 6.30. The average Bonchev–Trinajstić information content (AvgIpc) is 2.28. The molecule has 0 unspecified atom stereocenters. The molecular weight excluding hydrogens is 245 g/mol. The molecule has 0 aliphatic heterocycles. The lowest BCUT2D eigenvalue weighted by Gasteiger charge is -2.08. The van der Waals surface area contributed by atoms with Crippen LogP contribution in [-0.2, 0) is 16.1 Å². The molecule has 0 heterocycles. The summed E-state index contributed by atoms with van der Waals surface area (Å²) in [4.78, 5) is 11.3. The second-order valence-corrected chi connectivity index (χ2v) is 4.29. The monoisotopic (exact) mass is 259 g/mol. The van der Waals surface area contributed by atoms with E-state index in [4.69, 9.17) is 16.3 Å². The summed E-state index contributed by atoms with van der Waals surface area (Å²) in [6.07, 6.45) is 0.0148. The molecule has 0 aromatic heterocycles. The first-order chi connectivity index (χ1) is 7.99. The summed E-state index contributed by atoms with van der Waals surface area (Å²) in [5, 5.41) is 2.71. The third kappa shape index (κ3) is 5.15. The molecule has 0 atom stereocenters. The number of halogens is 2. The number of nitrogens with one attached hydrogen (secondary N) is 1. The summed E-state index contributed by atoms with van der Waals surface area (Å²) in [6, 6.07) is 4.33. The lowest BCUT2D eigenvalue weighted by Crippen LogP contribution is -2.28. The normalized spacial score (nSPS) is 10.6. The molecule has 0 fully saturated rings. The number of ether oxygens (including phenoxy) is 1. The molecule has 0 aliphatic carbocycles. The number of carbonyl (C=O) groups excluding carboxylic acids is 1. The van der Waals surface area contributed by atoms with Crippen LogP contribution >= 0.6 is 11.6 Å². The first kappa shape index (κ1) is 13.9. The van der Waals surface area contributed by atoms with Gasteiger partial charge in [0, 0.05) is 6.54 Å². The van der Waals surface area contributed by atoms with Gasteiger partial charge in [-0.25, -0.2) is 4.39 Å². The van der Waals surface area contributed by atoms with E-state index in [1.807, 2.05) is 13.8 Å². The van der Waals surface area contributed by atoms with Crippen molar-refractivity contribution in [3.05, 3.63) is 34.6 Å². The van der Waals surface area contributed by atoms with E-state index in [0.717, 1.165) is 5.56 Å². The van der Waals surface area contributed by atoms with Crippen LogP contribution in [0.1, 0.15) is 19.4 Å². The van der Waals surface area contributed by atoms with Crippen molar-refractivity contribution in [2.75, 3.05) is 6.61 Å². The molecule has 0 aliphatic rings. The van der Waals surface area contributed by atoms with Gasteiger partial charge >= 0.3 is 0 Å². The van der Waals surface area contributed by atoms with Crippen LogP contribution in [0.2, 0.25) is 5.02 Å². The predicted molar refractivity (Wildman–Crippen MR) is 64.3 cm³/mol. The Morgan fingerprint density at radius 2 is 2.24 bits per heavy atom. The summed E-state index contributed by atoms with van der Waals surface area (Å²) in [5.41, 5.74) is 0.745. The second kappa shape index (κ2) is 6.57. The minimum atomic E-state index is -0.468. The molecule has 3 nitrogen and oxygen atoms in total. The van der Waals surface area contributed by atoms with E-state index in [2.05, 4.69) is 5.32 Å². The highest BCUT2D eigenvalue weighted by Gasteiger charge is 2.04. The molecule has 0 radical (unpaired) electrons. The third-order valence-electron chi connectivity index (χ3n) is 2.02. The molecule has 5 heteroatoms. The quantitative estimate of drug-likeness (QED) is 0.882. The number of hydrogen-bond donors (Lipinski definition) is 1. The standard InChI is InChI=1S/C12H15ClFNO2/c1-8(2)17-7-12(16)15-6-9-3-4-11(14)10(13)5-9/h3-5,8H,6-7H2,1-2H3,(H,15,16). The minimum Gasteiger partial charge on any atom is -0.369 e. The molecule has 1 rings (SSSR count). The van der Waals surface area contributed by atoms with E-state index in [0.29, 0.717) is 6.54 Å². The van der Waals surface area contributed by atoms with Gasteiger partial charge in [0.15, 0.2) is 0 Å². The van der Waals surface area contributed by atoms with Crippen molar-refractivity contribution >= 4 is 17.5 Å². The zero-order chi connectivity index (χ0) is 12.8. The Bertz CT molecular complexity index is 396. The Morgan fingerprint density at radius 3 is 2.82 bits per heavy atom. The van der Waals surface area contributed by atoms with Crippen molar-refractivity contribution in [3.63, 3.8) is 0 Å². The van der Waals surface area contributed by atoms with Crippen molar-refractivity contribution < 1.29 is 13.9 Å². The Balaban J connectivity index is 2.39. The smallest absolute Gasteiger partial charge is 0.246 e. The second-order valence-electron chi connectivity index (χ2n) is 3.88.